The number of methoxy groups -OCH3 is 1. The average Bonchev–Trinajstić information content (AvgIpc) is 3.25. The van der Waals surface area contributed by atoms with E-state index in [0.29, 0.717) is 17.7 Å². The van der Waals surface area contributed by atoms with Gasteiger partial charge in [-0.1, -0.05) is 24.3 Å². The molecule has 0 fully saturated rings. The van der Waals surface area contributed by atoms with E-state index in [1.807, 2.05) is 38.1 Å². The normalized spacial score (nSPS) is 11.0. The minimum atomic E-state index is -0.692. The molecule has 2 aromatic carbocycles. The highest BCUT2D eigenvalue weighted by Crippen LogP contribution is 2.24. The van der Waals surface area contributed by atoms with Crippen LogP contribution in [0, 0.1) is 22.6 Å². The summed E-state index contributed by atoms with van der Waals surface area (Å²) in [5.74, 6) is -1.36. The number of benzene rings is 2. The number of nitrogens with one attached hydrogen (secondary N) is 2. The van der Waals surface area contributed by atoms with Crippen LogP contribution in [0.25, 0.3) is 0 Å². The van der Waals surface area contributed by atoms with Gasteiger partial charge in [0.2, 0.25) is 0 Å². The molecule has 9 heteroatoms. The van der Waals surface area contributed by atoms with Crippen LogP contribution in [0.1, 0.15) is 46.5 Å². The minimum absolute atomic E-state index is 0.0611. The first kappa shape index (κ1) is 23.5. The van der Waals surface area contributed by atoms with Gasteiger partial charge in [0.25, 0.3) is 5.91 Å². The Kier molecular flexibility index (Phi) is 6.78. The van der Waals surface area contributed by atoms with Gasteiger partial charge in [0.1, 0.15) is 17.4 Å². The number of amidine groups is 1. The zero-order valence-electron chi connectivity index (χ0n) is 18.6. The number of hydrogen-bond acceptors (Lipinski definition) is 5. The monoisotopic (exact) mass is 448 g/mol. The highest BCUT2D eigenvalue weighted by Gasteiger charge is 2.19. The summed E-state index contributed by atoms with van der Waals surface area (Å²) in [5.41, 5.74) is 7.47. The summed E-state index contributed by atoms with van der Waals surface area (Å²) >= 11 is 0. The standard InChI is InChI=1S/C24H25FN6O2/c1-24(2,14-26)18-6-4-15(5-7-18)12-31-13-17(11-30-31)23(32)29-10-16-8-19(25)21(22(27)28)20(9-16)33-3/h4-9,11,13H,10,12H2,1-3H3,(H3,27,28)(H,29,32). The van der Waals surface area contributed by atoms with Crippen LogP contribution in [0.3, 0.4) is 0 Å². The molecule has 0 radical (unpaired) electrons. The van der Waals surface area contributed by atoms with Crippen LogP contribution >= 0.6 is 0 Å². The van der Waals surface area contributed by atoms with E-state index in [1.54, 1.807) is 10.9 Å². The summed E-state index contributed by atoms with van der Waals surface area (Å²) in [7, 11) is 1.36. The quantitative estimate of drug-likeness (QED) is 0.360. The van der Waals surface area contributed by atoms with Crippen molar-refractivity contribution in [1.82, 2.24) is 15.1 Å². The van der Waals surface area contributed by atoms with Crippen LogP contribution in [0.15, 0.2) is 48.8 Å². The molecule has 0 aliphatic heterocycles. The highest BCUT2D eigenvalue weighted by atomic mass is 19.1. The first-order valence-electron chi connectivity index (χ1n) is 10.2. The van der Waals surface area contributed by atoms with Gasteiger partial charge >= 0.3 is 0 Å². The van der Waals surface area contributed by atoms with E-state index in [2.05, 4.69) is 16.5 Å². The summed E-state index contributed by atoms with van der Waals surface area (Å²) in [4.78, 5) is 12.5. The molecular weight excluding hydrogens is 423 g/mol. The molecule has 0 saturated carbocycles. The van der Waals surface area contributed by atoms with Crippen molar-refractivity contribution in [3.8, 4) is 11.8 Å². The van der Waals surface area contributed by atoms with E-state index in [1.165, 1.54) is 25.4 Å². The summed E-state index contributed by atoms with van der Waals surface area (Å²) in [6, 6.07) is 12.7. The van der Waals surface area contributed by atoms with E-state index in [-0.39, 0.29) is 23.8 Å². The van der Waals surface area contributed by atoms with Crippen molar-refractivity contribution < 1.29 is 13.9 Å². The van der Waals surface area contributed by atoms with Gasteiger partial charge in [0.05, 0.1) is 42.5 Å². The van der Waals surface area contributed by atoms with Crippen LogP contribution in [0.5, 0.6) is 5.75 Å². The number of nitrogen functional groups attached to an aromatic ring is 1. The Morgan fingerprint density at radius 2 is 2.00 bits per heavy atom. The van der Waals surface area contributed by atoms with Gasteiger partial charge in [0, 0.05) is 12.7 Å². The Bertz CT molecular complexity index is 1220. The van der Waals surface area contributed by atoms with Gasteiger partial charge < -0.3 is 15.8 Å². The Balaban J connectivity index is 1.64. The number of nitrogens with zero attached hydrogens (tertiary/aromatic N) is 3. The summed E-state index contributed by atoms with van der Waals surface area (Å²) in [6.45, 7) is 4.26. The van der Waals surface area contributed by atoms with E-state index < -0.39 is 17.1 Å². The van der Waals surface area contributed by atoms with Crippen molar-refractivity contribution in [2.45, 2.75) is 32.4 Å². The predicted octanol–water partition coefficient (Wildman–Crippen LogP) is 3.09. The van der Waals surface area contributed by atoms with Crippen molar-refractivity contribution in [2.24, 2.45) is 5.73 Å². The fraction of sp³-hybridized carbons (Fsp3) is 0.250. The summed E-state index contributed by atoms with van der Waals surface area (Å²) in [5, 5.41) is 23.7. The molecule has 1 heterocycles. The predicted molar refractivity (Wildman–Crippen MR) is 122 cm³/mol. The van der Waals surface area contributed by atoms with Gasteiger partial charge in [0.15, 0.2) is 0 Å². The fourth-order valence-electron chi connectivity index (χ4n) is 3.29. The zero-order valence-corrected chi connectivity index (χ0v) is 18.6. The number of carbonyl (C=O) groups is 1. The third-order valence-corrected chi connectivity index (χ3v) is 5.25. The van der Waals surface area contributed by atoms with Gasteiger partial charge in [-0.15, -0.1) is 0 Å². The van der Waals surface area contributed by atoms with Crippen molar-refractivity contribution in [1.29, 1.82) is 10.7 Å². The Morgan fingerprint density at radius 3 is 2.61 bits per heavy atom. The minimum Gasteiger partial charge on any atom is -0.496 e. The van der Waals surface area contributed by atoms with Gasteiger partial charge in [-0.05, 0) is 42.7 Å². The zero-order chi connectivity index (χ0) is 24.2. The smallest absolute Gasteiger partial charge is 0.254 e. The molecular formula is C24H25FN6O2. The molecule has 0 unspecified atom stereocenters. The second kappa shape index (κ2) is 9.53. The number of amides is 1. The third kappa shape index (κ3) is 5.36. The molecule has 0 saturated heterocycles. The molecule has 0 aliphatic rings. The van der Waals surface area contributed by atoms with Crippen molar-refractivity contribution in [3.63, 3.8) is 0 Å². The van der Waals surface area contributed by atoms with Crippen LogP contribution < -0.4 is 15.8 Å². The van der Waals surface area contributed by atoms with E-state index >= 15 is 0 Å². The Morgan fingerprint density at radius 1 is 1.30 bits per heavy atom. The summed E-state index contributed by atoms with van der Waals surface area (Å²) < 4.78 is 21.0. The largest absolute Gasteiger partial charge is 0.496 e. The topological polar surface area (TPSA) is 130 Å². The molecule has 3 rings (SSSR count). The Hall–Kier alpha value is -4.19. The lowest BCUT2D eigenvalue weighted by atomic mass is 9.86. The third-order valence-electron chi connectivity index (χ3n) is 5.25. The number of rotatable bonds is 8. The van der Waals surface area contributed by atoms with Crippen LogP contribution in [-0.4, -0.2) is 28.6 Å². The van der Waals surface area contributed by atoms with Crippen LogP contribution in [0.4, 0.5) is 4.39 Å². The highest BCUT2D eigenvalue weighted by molar-refractivity contribution is 5.98. The second-order valence-corrected chi connectivity index (χ2v) is 8.11. The number of hydrogen-bond donors (Lipinski definition) is 3. The molecule has 170 valence electrons. The molecule has 33 heavy (non-hydrogen) atoms. The molecule has 1 amide bonds. The number of nitriles is 1. The van der Waals surface area contributed by atoms with Gasteiger partial charge in [-0.3, -0.25) is 14.9 Å². The fourth-order valence-corrected chi connectivity index (χ4v) is 3.29. The van der Waals surface area contributed by atoms with Gasteiger partial charge in [-0.25, -0.2) is 4.39 Å². The molecule has 3 aromatic rings. The van der Waals surface area contributed by atoms with E-state index in [9.17, 15) is 14.4 Å². The number of halogens is 1. The van der Waals surface area contributed by atoms with Crippen molar-refractivity contribution in [2.75, 3.05) is 7.11 Å². The first-order chi connectivity index (χ1) is 15.6. The Labute approximate surface area is 191 Å². The van der Waals surface area contributed by atoms with Crippen molar-refractivity contribution >= 4 is 11.7 Å². The first-order valence-corrected chi connectivity index (χ1v) is 10.2. The lowest BCUT2D eigenvalue weighted by Gasteiger charge is -2.15. The molecule has 0 bridgehead atoms. The second-order valence-electron chi connectivity index (χ2n) is 8.11. The summed E-state index contributed by atoms with van der Waals surface area (Å²) in [6.07, 6.45) is 3.09. The van der Waals surface area contributed by atoms with E-state index in [4.69, 9.17) is 15.9 Å². The van der Waals surface area contributed by atoms with Crippen LogP contribution in [-0.2, 0) is 18.5 Å². The maximum Gasteiger partial charge on any atom is 0.254 e. The lowest BCUT2D eigenvalue weighted by Crippen LogP contribution is -2.23. The van der Waals surface area contributed by atoms with E-state index in [0.717, 1.165) is 11.1 Å². The number of carbonyl (C=O) groups excluding carboxylic acids is 1. The molecule has 1 aromatic heterocycles. The number of nitrogens with two attached hydrogens (primary N) is 1. The maximum atomic E-state index is 14.3. The van der Waals surface area contributed by atoms with Crippen molar-refractivity contribution in [3.05, 3.63) is 82.4 Å². The lowest BCUT2D eigenvalue weighted by molar-refractivity contribution is 0.0950. The number of ether oxygens (including phenoxy) is 1. The SMILES string of the molecule is COc1cc(CNC(=O)c2cnn(Cc3ccc(C(C)(C)C#N)cc3)c2)cc(F)c1C(=N)N. The number of aromatic nitrogens is 2. The maximum absolute atomic E-state index is 14.3. The van der Waals surface area contributed by atoms with Gasteiger partial charge in [-0.2, -0.15) is 10.4 Å². The molecule has 0 aliphatic carbocycles. The molecule has 0 spiro atoms. The van der Waals surface area contributed by atoms with Crippen LogP contribution in [0.2, 0.25) is 0 Å². The average molecular weight is 449 g/mol. The molecule has 4 N–H and O–H groups in total. The molecule has 8 nitrogen and oxygen atoms in total. The molecule has 0 atom stereocenters.